The van der Waals surface area contributed by atoms with Crippen molar-refractivity contribution in [3.05, 3.63) is 291 Å². The molecular formula is C68H70N2O16Si10. The fourth-order valence-electron chi connectivity index (χ4n) is 12.5. The number of anilines is 2. The van der Waals surface area contributed by atoms with Crippen molar-refractivity contribution in [2.24, 2.45) is 0 Å². The summed E-state index contributed by atoms with van der Waals surface area (Å²) in [6, 6.07) is 92.6. The summed E-state index contributed by atoms with van der Waals surface area (Å²) in [7, 11) is -50.0. The maximum Gasteiger partial charge on any atom is 0.515 e. The molecule has 6 fully saturated rings. The first-order chi connectivity index (χ1) is 46.7. The Balaban J connectivity index is 1.12. The van der Waals surface area contributed by atoms with E-state index >= 15 is 0 Å². The van der Waals surface area contributed by atoms with Crippen LogP contribution in [0, 0.1) is 0 Å². The molecule has 6 saturated heterocycles. The molecular weight excluding hydrogens is 1380 g/mol. The van der Waals surface area contributed by atoms with Crippen molar-refractivity contribution in [2.45, 2.75) is 38.0 Å². The van der Waals surface area contributed by atoms with Gasteiger partial charge in [0.15, 0.2) is 0 Å². The average Bonchev–Trinajstić information content (AvgIpc) is 0.677. The lowest BCUT2D eigenvalue weighted by molar-refractivity contribution is 0.0250. The summed E-state index contributed by atoms with van der Waals surface area (Å²) in [6.45, 7) is 4.51. The summed E-state index contributed by atoms with van der Waals surface area (Å²) in [5, 5.41) is 4.01. The smallest absolute Gasteiger partial charge is 0.494 e. The fraction of sp³-hybridized carbons (Fsp3) is 0.118. The molecule has 16 rings (SSSR count). The highest BCUT2D eigenvalue weighted by Gasteiger charge is 2.83. The van der Waals surface area contributed by atoms with Crippen molar-refractivity contribution >= 4 is 140 Å². The van der Waals surface area contributed by atoms with Crippen molar-refractivity contribution in [2.75, 3.05) is 24.7 Å². The van der Waals surface area contributed by atoms with Crippen LogP contribution in [0.4, 0.5) is 11.4 Å². The van der Waals surface area contributed by atoms with E-state index in [9.17, 15) is 0 Å². The zero-order chi connectivity index (χ0) is 65.4. The van der Waals surface area contributed by atoms with Gasteiger partial charge in [0.1, 0.15) is 11.5 Å². The number of nitrogens with two attached hydrogens (primary N) is 2. The second-order valence-electron chi connectivity index (χ2n) is 24.1. The Morgan fingerprint density at radius 3 is 0.573 bits per heavy atom. The molecule has 10 aromatic carbocycles. The Morgan fingerprint density at radius 1 is 0.229 bits per heavy atom. The van der Waals surface area contributed by atoms with Crippen LogP contribution in [0.1, 0.15) is 12.8 Å². The van der Waals surface area contributed by atoms with Gasteiger partial charge in [-0.15, -0.1) is 0 Å². The van der Waals surface area contributed by atoms with Gasteiger partial charge in [-0.05, 0) is 86.6 Å². The van der Waals surface area contributed by atoms with Crippen LogP contribution >= 0.6 is 0 Å². The van der Waals surface area contributed by atoms with Crippen molar-refractivity contribution in [1.82, 2.24) is 0 Å². The van der Waals surface area contributed by atoms with Crippen LogP contribution in [-0.2, 0) is 57.6 Å². The molecule has 8 bridgehead atoms. The number of hydrogen-bond donors (Lipinski definition) is 2. The molecule has 0 aliphatic carbocycles. The lowest BCUT2D eigenvalue weighted by atomic mass is 10.3. The number of rotatable bonds is 18. The van der Waals surface area contributed by atoms with Crippen LogP contribution in [0.2, 0.25) is 25.2 Å². The van der Waals surface area contributed by atoms with E-state index < -0.39 is 87.6 Å². The van der Waals surface area contributed by atoms with Gasteiger partial charge in [0, 0.05) is 52.9 Å². The fourth-order valence-corrected chi connectivity index (χ4v) is 69.2. The summed E-state index contributed by atoms with van der Waals surface area (Å²) in [6.07, 6.45) is 0.793. The highest BCUT2D eigenvalue weighted by molar-refractivity contribution is 7.12. The number of benzene rings is 10. The Bertz CT molecular complexity index is 3760. The molecule has 0 amide bonds. The minimum atomic E-state index is -5.28. The Hall–Kier alpha value is -6.99. The summed E-state index contributed by atoms with van der Waals surface area (Å²) < 4.78 is 133. The van der Waals surface area contributed by atoms with Gasteiger partial charge in [0.05, 0.1) is 13.2 Å². The van der Waals surface area contributed by atoms with E-state index in [4.69, 9.17) is 78.6 Å². The Kier molecular flexibility index (Phi) is 17.8. The van der Waals surface area contributed by atoms with E-state index in [1.807, 2.05) is 304 Å². The molecule has 0 saturated carbocycles. The first-order valence-electron chi connectivity index (χ1n) is 31.9. The third kappa shape index (κ3) is 12.7. The summed E-state index contributed by atoms with van der Waals surface area (Å²) in [5.41, 5.74) is 13.6. The van der Waals surface area contributed by atoms with Crippen molar-refractivity contribution in [3.63, 3.8) is 0 Å². The van der Waals surface area contributed by atoms with Gasteiger partial charge in [-0.2, -0.15) is 0 Å². The predicted octanol–water partition coefficient (Wildman–Crippen LogP) is 7.30. The Labute approximate surface area is 569 Å². The standard InChI is InChI=1S/C68H70N2O16Si10/c1-87(55-27-53-71-59-49-45-57(69)46-50-59)73-89(61-29-11-3-12-30-61)77-93(65-37-19-7-20-38-65)81-91(63-33-15-5-16-34-63)75-88(2,56-28-54-72-60-51-47-58(70)48-52-60)76-92(64-35-17-6-18-36-64)83-95(85-93,67-41-23-9-24-42-67)79-90(74-87,62-31-13-4-14-32-62)80-96(84-92,68-43-25-10-26-44-68)86-94(78-89,82-91)66-39-21-8-22-40-66/h3-26,29-52H,27-28,53-56,69-70H2,1-2H3. The molecule has 28 heteroatoms. The molecule has 96 heavy (non-hydrogen) atoms. The van der Waals surface area contributed by atoms with E-state index in [0.29, 0.717) is 77.2 Å². The van der Waals surface area contributed by atoms with Crippen LogP contribution < -0.4 is 62.4 Å². The van der Waals surface area contributed by atoms with Gasteiger partial charge in [-0.25, -0.2) is 0 Å². The van der Waals surface area contributed by atoms with Crippen LogP contribution in [-0.4, -0.2) is 101 Å². The van der Waals surface area contributed by atoms with Crippen molar-refractivity contribution < 1.29 is 67.1 Å². The lowest BCUT2D eigenvalue weighted by Crippen LogP contribution is -2.93. The zero-order valence-electron chi connectivity index (χ0n) is 52.6. The van der Waals surface area contributed by atoms with Crippen LogP contribution in [0.3, 0.4) is 0 Å². The van der Waals surface area contributed by atoms with Crippen molar-refractivity contribution in [1.29, 1.82) is 0 Å². The molecule has 488 valence electrons. The second-order valence-corrected chi connectivity index (χ2v) is 54.6. The minimum absolute atomic E-state index is 0.241. The number of ether oxygens (including phenoxy) is 2. The molecule has 6 aliphatic heterocycles. The van der Waals surface area contributed by atoms with E-state index in [1.165, 1.54) is 0 Å². The molecule has 0 unspecified atom stereocenters. The van der Waals surface area contributed by atoms with E-state index in [1.54, 1.807) is 0 Å². The summed E-state index contributed by atoms with van der Waals surface area (Å²) in [4.78, 5) is 0. The first-order valence-corrected chi connectivity index (χ1v) is 50.8. The molecule has 18 nitrogen and oxygen atoms in total. The van der Waals surface area contributed by atoms with E-state index in [0.717, 1.165) is 0 Å². The van der Waals surface area contributed by atoms with Gasteiger partial charge in [-0.3, -0.25) is 0 Å². The second kappa shape index (κ2) is 26.4. The maximum atomic E-state index is 8.67. The van der Waals surface area contributed by atoms with Crippen LogP contribution in [0.5, 0.6) is 11.5 Å². The van der Waals surface area contributed by atoms with Crippen LogP contribution in [0.25, 0.3) is 0 Å². The number of fused-ring (bicyclic) bond motifs is 4. The van der Waals surface area contributed by atoms with Crippen molar-refractivity contribution in [3.8, 4) is 11.5 Å². The highest BCUT2D eigenvalue weighted by atomic mass is 28.6. The quantitative estimate of drug-likeness (QED) is 0.0492. The molecule has 10 aromatic rings. The normalized spacial score (nSPS) is 30.8. The van der Waals surface area contributed by atoms with E-state index in [-0.39, 0.29) is 25.3 Å². The lowest BCUT2D eigenvalue weighted by Gasteiger charge is -2.61. The predicted molar refractivity (Wildman–Crippen MR) is 385 cm³/mol. The van der Waals surface area contributed by atoms with Gasteiger partial charge >= 0.3 is 87.6 Å². The summed E-state index contributed by atoms with van der Waals surface area (Å²) >= 11 is 0. The third-order valence-corrected chi connectivity index (χ3v) is 60.5. The molecule has 0 spiro atoms. The first kappa shape index (κ1) is 65.0. The van der Waals surface area contributed by atoms with E-state index in [2.05, 4.69) is 0 Å². The molecule has 0 aromatic heterocycles. The van der Waals surface area contributed by atoms with Crippen LogP contribution in [0.15, 0.2) is 291 Å². The summed E-state index contributed by atoms with van der Waals surface area (Å²) in [5.74, 6) is 1.28. The zero-order valence-corrected chi connectivity index (χ0v) is 62.6. The van der Waals surface area contributed by atoms with Gasteiger partial charge in [0.25, 0.3) is 0 Å². The van der Waals surface area contributed by atoms with Gasteiger partial charge in [-0.1, -0.05) is 243 Å². The number of nitrogen functional groups attached to an aromatic ring is 2. The topological polar surface area (TPSA) is 200 Å². The minimum Gasteiger partial charge on any atom is -0.494 e. The molecule has 6 heterocycles. The Morgan fingerprint density at radius 2 is 0.396 bits per heavy atom. The molecule has 0 radical (unpaired) electrons. The maximum absolute atomic E-state index is 8.67. The highest BCUT2D eigenvalue weighted by Crippen LogP contribution is 2.48. The third-order valence-electron chi connectivity index (χ3n) is 17.0. The van der Waals surface area contributed by atoms with Gasteiger partial charge in [0.2, 0.25) is 0 Å². The monoisotopic (exact) mass is 1450 g/mol. The van der Waals surface area contributed by atoms with Gasteiger partial charge < -0.3 is 78.6 Å². The SMILES string of the molecule is C[Si]1(CCCOc2ccc(N)cc2)O[Si]2(c3ccccc3)O[Si]3(c4ccccc4)O[Si]4(c5ccccc5)O[Si](C)(CCCOc5ccc(N)cc5)O[Si]5(c6ccccc6)O[Si](c6ccccc6)(O[Si](c6ccccc6)(O1)O[Si](c1ccccc1)(O5)O[Si](c1ccccc1)(O2)O4)O3. The molecule has 0 atom stereocenters. The number of hydrogen-bond acceptors (Lipinski definition) is 18. The largest absolute Gasteiger partial charge is 0.515 e. The molecule has 4 N–H and O–H groups in total. The average molecular weight is 1450 g/mol. The molecule has 6 aliphatic rings.